The first-order valence-corrected chi connectivity index (χ1v) is 3.77. The molecule has 0 aliphatic rings. The number of aromatic amines is 2. The Hall–Kier alpha value is -2.24. The zero-order valence-corrected chi connectivity index (χ0v) is 6.87. The fourth-order valence-corrected chi connectivity index (χ4v) is 1.17. The number of aromatic hydroxyl groups is 2. The summed E-state index contributed by atoms with van der Waals surface area (Å²) in [7, 11) is 0. The topological polar surface area (TPSA) is 106 Å². The maximum Gasteiger partial charge on any atom is 0.314 e. The van der Waals surface area contributed by atoms with Gasteiger partial charge in [-0.05, 0) is 12.1 Å². The number of H-pyrrole nitrogens is 2. The van der Waals surface area contributed by atoms with Crippen molar-refractivity contribution in [3.8, 4) is 11.5 Å². The molecule has 0 bridgehead atoms. The van der Waals surface area contributed by atoms with E-state index in [0.29, 0.717) is 0 Å². The molecule has 0 unspecified atom stereocenters. The predicted octanol–water partition coefficient (Wildman–Crippen LogP) is -0.372. The van der Waals surface area contributed by atoms with Gasteiger partial charge in [0.15, 0.2) is 0 Å². The average molecular weight is 194 g/mol. The second-order valence-electron chi connectivity index (χ2n) is 2.76. The number of phenolic OH excluding ortho intramolecular Hbond substituents is 2. The van der Waals surface area contributed by atoms with Crippen molar-refractivity contribution in [2.45, 2.75) is 0 Å². The number of phenols is 2. The fraction of sp³-hybridized carbons (Fsp3) is 0. The first-order chi connectivity index (χ1) is 6.59. The van der Waals surface area contributed by atoms with Gasteiger partial charge in [0, 0.05) is 0 Å². The Labute approximate surface area is 76.5 Å². The molecule has 4 N–H and O–H groups in total. The Kier molecular flexibility index (Phi) is 1.57. The molecule has 0 spiro atoms. The highest BCUT2D eigenvalue weighted by molar-refractivity contribution is 5.85. The van der Waals surface area contributed by atoms with Crippen LogP contribution >= 0.6 is 0 Å². The molecule has 0 fully saturated rings. The van der Waals surface area contributed by atoms with Crippen molar-refractivity contribution in [2.24, 2.45) is 0 Å². The lowest BCUT2D eigenvalue weighted by Gasteiger charge is -2.01. The SMILES string of the molecule is O=c1[nH]c2c(O)ccc(O)c2[nH]c1=O. The molecule has 0 atom stereocenters. The number of aromatic nitrogens is 2. The molecule has 1 aromatic heterocycles. The third-order valence-corrected chi connectivity index (χ3v) is 1.84. The van der Waals surface area contributed by atoms with Gasteiger partial charge in [-0.25, -0.2) is 0 Å². The summed E-state index contributed by atoms with van der Waals surface area (Å²) in [5.41, 5.74) is -1.74. The standard InChI is InChI=1S/C8H6N2O4/c11-3-1-2-4(12)6-5(3)9-7(13)8(14)10-6/h1-2,11-12H,(H,9,13)(H,10,14). The summed E-state index contributed by atoms with van der Waals surface area (Å²) in [5, 5.41) is 18.6. The lowest BCUT2D eigenvalue weighted by Crippen LogP contribution is -2.28. The minimum Gasteiger partial charge on any atom is -0.506 e. The molecule has 14 heavy (non-hydrogen) atoms. The maximum atomic E-state index is 10.9. The third kappa shape index (κ3) is 1.05. The smallest absolute Gasteiger partial charge is 0.314 e. The van der Waals surface area contributed by atoms with Crippen LogP contribution in [0.4, 0.5) is 0 Å². The first-order valence-electron chi connectivity index (χ1n) is 3.77. The van der Waals surface area contributed by atoms with Crippen LogP contribution < -0.4 is 11.1 Å². The van der Waals surface area contributed by atoms with E-state index in [0.717, 1.165) is 0 Å². The van der Waals surface area contributed by atoms with E-state index in [4.69, 9.17) is 0 Å². The Morgan fingerprint density at radius 1 is 0.857 bits per heavy atom. The van der Waals surface area contributed by atoms with Crippen molar-refractivity contribution in [1.82, 2.24) is 9.97 Å². The highest BCUT2D eigenvalue weighted by Crippen LogP contribution is 2.26. The zero-order valence-electron chi connectivity index (χ0n) is 6.87. The summed E-state index contributed by atoms with van der Waals surface area (Å²) in [6, 6.07) is 2.43. The van der Waals surface area contributed by atoms with E-state index in [1.165, 1.54) is 12.1 Å². The monoisotopic (exact) mass is 194 g/mol. The Bertz CT molecular complexity index is 556. The molecule has 0 aliphatic carbocycles. The molecule has 6 heteroatoms. The van der Waals surface area contributed by atoms with E-state index >= 15 is 0 Å². The third-order valence-electron chi connectivity index (χ3n) is 1.84. The molecule has 2 aromatic rings. The van der Waals surface area contributed by atoms with Gasteiger partial charge in [-0.3, -0.25) is 9.59 Å². The van der Waals surface area contributed by atoms with E-state index in [9.17, 15) is 19.8 Å². The largest absolute Gasteiger partial charge is 0.506 e. The molecule has 0 amide bonds. The zero-order chi connectivity index (χ0) is 10.3. The number of benzene rings is 1. The lowest BCUT2D eigenvalue weighted by molar-refractivity contribution is 0.467. The van der Waals surface area contributed by atoms with Crippen LogP contribution in [-0.2, 0) is 0 Å². The summed E-state index contributed by atoms with van der Waals surface area (Å²) in [5.74, 6) is -0.433. The van der Waals surface area contributed by atoms with Gasteiger partial charge in [-0.2, -0.15) is 0 Å². The Morgan fingerprint density at radius 3 is 1.57 bits per heavy atom. The van der Waals surface area contributed by atoms with Crippen LogP contribution in [0.2, 0.25) is 0 Å². The van der Waals surface area contributed by atoms with Crippen molar-refractivity contribution >= 4 is 11.0 Å². The van der Waals surface area contributed by atoms with E-state index < -0.39 is 11.1 Å². The molecule has 0 radical (unpaired) electrons. The molecule has 1 heterocycles. The van der Waals surface area contributed by atoms with Gasteiger partial charge in [0.05, 0.1) is 0 Å². The number of hydrogen-bond acceptors (Lipinski definition) is 4. The van der Waals surface area contributed by atoms with Crippen LogP contribution in [0.3, 0.4) is 0 Å². The molecule has 0 aliphatic heterocycles. The number of rotatable bonds is 0. The van der Waals surface area contributed by atoms with Gasteiger partial charge in [0.25, 0.3) is 0 Å². The first kappa shape index (κ1) is 8.36. The van der Waals surface area contributed by atoms with Crippen LogP contribution in [0.25, 0.3) is 11.0 Å². The van der Waals surface area contributed by atoms with Gasteiger partial charge in [-0.15, -0.1) is 0 Å². The minimum absolute atomic E-state index is 0.00889. The molecule has 6 nitrogen and oxygen atoms in total. The summed E-state index contributed by atoms with van der Waals surface area (Å²) < 4.78 is 0. The molecule has 0 saturated heterocycles. The van der Waals surface area contributed by atoms with E-state index in [1.54, 1.807) is 0 Å². The van der Waals surface area contributed by atoms with Gasteiger partial charge in [-0.1, -0.05) is 0 Å². The van der Waals surface area contributed by atoms with Gasteiger partial charge < -0.3 is 20.2 Å². The van der Waals surface area contributed by atoms with E-state index in [2.05, 4.69) is 9.97 Å². The summed E-state index contributed by atoms with van der Waals surface area (Å²) in [4.78, 5) is 26.1. The van der Waals surface area contributed by atoms with Gasteiger partial charge >= 0.3 is 11.1 Å². The second-order valence-corrected chi connectivity index (χ2v) is 2.76. The summed E-state index contributed by atoms with van der Waals surface area (Å²) in [6.07, 6.45) is 0. The molecule has 0 saturated carbocycles. The average Bonchev–Trinajstić information content (AvgIpc) is 2.15. The Morgan fingerprint density at radius 2 is 1.21 bits per heavy atom. The second kappa shape index (κ2) is 2.63. The van der Waals surface area contributed by atoms with Crippen LogP contribution in [-0.4, -0.2) is 20.2 Å². The minimum atomic E-state index is -0.876. The van der Waals surface area contributed by atoms with Crippen LogP contribution in [0.15, 0.2) is 21.7 Å². The molecular formula is C8H6N2O4. The van der Waals surface area contributed by atoms with Gasteiger partial charge in [0.2, 0.25) is 0 Å². The quantitative estimate of drug-likeness (QED) is 0.339. The molecule has 72 valence electrons. The molecular weight excluding hydrogens is 188 g/mol. The lowest BCUT2D eigenvalue weighted by atomic mass is 10.2. The predicted molar refractivity (Wildman–Crippen MR) is 48.5 cm³/mol. The van der Waals surface area contributed by atoms with E-state index in [-0.39, 0.29) is 22.5 Å². The number of fused-ring (bicyclic) bond motifs is 1. The number of hydrogen-bond donors (Lipinski definition) is 4. The van der Waals surface area contributed by atoms with Crippen molar-refractivity contribution in [3.05, 3.63) is 32.8 Å². The van der Waals surface area contributed by atoms with Crippen molar-refractivity contribution < 1.29 is 10.2 Å². The maximum absolute atomic E-state index is 10.9. The van der Waals surface area contributed by atoms with Crippen LogP contribution in [0.1, 0.15) is 0 Å². The highest BCUT2D eigenvalue weighted by atomic mass is 16.3. The molecule has 1 aromatic carbocycles. The van der Waals surface area contributed by atoms with Crippen LogP contribution in [0.5, 0.6) is 11.5 Å². The summed E-state index contributed by atoms with van der Waals surface area (Å²) >= 11 is 0. The van der Waals surface area contributed by atoms with Crippen molar-refractivity contribution in [2.75, 3.05) is 0 Å². The van der Waals surface area contributed by atoms with Crippen molar-refractivity contribution in [3.63, 3.8) is 0 Å². The van der Waals surface area contributed by atoms with Crippen molar-refractivity contribution in [1.29, 1.82) is 0 Å². The fourth-order valence-electron chi connectivity index (χ4n) is 1.17. The summed E-state index contributed by atoms with van der Waals surface area (Å²) in [6.45, 7) is 0. The highest BCUT2D eigenvalue weighted by Gasteiger charge is 2.07. The normalized spacial score (nSPS) is 10.6. The van der Waals surface area contributed by atoms with E-state index in [1.807, 2.05) is 0 Å². The Balaban J connectivity index is 3.09. The number of nitrogens with one attached hydrogen (secondary N) is 2. The van der Waals surface area contributed by atoms with Gasteiger partial charge in [0.1, 0.15) is 22.5 Å². The van der Waals surface area contributed by atoms with Crippen LogP contribution in [0, 0.1) is 0 Å². The molecule has 2 rings (SSSR count).